The van der Waals surface area contributed by atoms with E-state index in [0.717, 1.165) is 29.9 Å². The number of rotatable bonds is 9. The molecule has 0 spiro atoms. The normalized spacial score (nSPS) is 12.6. The van der Waals surface area contributed by atoms with Gasteiger partial charge in [-0.2, -0.15) is 0 Å². The van der Waals surface area contributed by atoms with Crippen LogP contribution in [-0.4, -0.2) is 37.7 Å². The van der Waals surface area contributed by atoms with Crippen LogP contribution in [0.4, 0.5) is 0 Å². The van der Waals surface area contributed by atoms with Crippen LogP contribution in [0.1, 0.15) is 12.5 Å². The van der Waals surface area contributed by atoms with Crippen LogP contribution in [0.2, 0.25) is 0 Å². The summed E-state index contributed by atoms with van der Waals surface area (Å²) >= 11 is 5.38. The van der Waals surface area contributed by atoms with Crippen molar-refractivity contribution in [3.05, 3.63) is 28.2 Å². The van der Waals surface area contributed by atoms with Crippen LogP contribution >= 0.6 is 27.7 Å². The highest BCUT2D eigenvalue weighted by Crippen LogP contribution is 2.26. The first-order valence-corrected chi connectivity index (χ1v) is 8.17. The van der Waals surface area contributed by atoms with Crippen molar-refractivity contribution < 1.29 is 9.84 Å². The lowest BCUT2D eigenvalue weighted by Gasteiger charge is -2.10. The lowest BCUT2D eigenvalue weighted by atomic mass is 10.2. The number of ether oxygens (including phenoxy) is 1. The number of methoxy groups -OCH3 is 1. The van der Waals surface area contributed by atoms with Crippen molar-refractivity contribution in [2.24, 2.45) is 5.92 Å². The van der Waals surface area contributed by atoms with Gasteiger partial charge in [0.15, 0.2) is 0 Å². The molecule has 0 fully saturated rings. The summed E-state index contributed by atoms with van der Waals surface area (Å²) in [5.41, 5.74) is 1.25. The number of aliphatic hydroxyl groups is 1. The number of hydrogen-bond acceptors (Lipinski definition) is 4. The molecule has 1 unspecified atom stereocenters. The molecule has 1 rings (SSSR count). The third-order valence-corrected chi connectivity index (χ3v) is 4.73. The van der Waals surface area contributed by atoms with Gasteiger partial charge in [-0.3, -0.25) is 0 Å². The summed E-state index contributed by atoms with van der Waals surface area (Å²) in [7, 11) is 1.71. The lowest BCUT2D eigenvalue weighted by molar-refractivity contribution is 0.199. The van der Waals surface area contributed by atoms with Crippen molar-refractivity contribution in [2.45, 2.75) is 18.4 Å². The van der Waals surface area contributed by atoms with E-state index in [9.17, 15) is 0 Å². The van der Waals surface area contributed by atoms with Gasteiger partial charge < -0.3 is 15.2 Å². The van der Waals surface area contributed by atoms with Gasteiger partial charge in [0, 0.05) is 41.9 Å². The topological polar surface area (TPSA) is 41.5 Å². The minimum absolute atomic E-state index is 0.246. The molecular weight excluding hydrogens is 326 g/mol. The molecule has 1 aromatic carbocycles. The minimum Gasteiger partial charge on any atom is -0.396 e. The summed E-state index contributed by atoms with van der Waals surface area (Å²) in [5.74, 6) is 1.27. The average Bonchev–Trinajstić information content (AvgIpc) is 2.42. The summed E-state index contributed by atoms with van der Waals surface area (Å²) < 4.78 is 6.12. The first-order chi connectivity index (χ1) is 9.17. The second-order valence-electron chi connectivity index (χ2n) is 4.52. The second-order valence-corrected chi connectivity index (χ2v) is 6.47. The van der Waals surface area contributed by atoms with Crippen LogP contribution < -0.4 is 5.32 Å². The van der Waals surface area contributed by atoms with E-state index in [-0.39, 0.29) is 6.61 Å². The van der Waals surface area contributed by atoms with Gasteiger partial charge in [0.1, 0.15) is 0 Å². The second kappa shape index (κ2) is 9.77. The smallest absolute Gasteiger partial charge is 0.0587 e. The van der Waals surface area contributed by atoms with Crippen molar-refractivity contribution >= 4 is 27.7 Å². The largest absolute Gasteiger partial charge is 0.396 e. The van der Waals surface area contributed by atoms with Gasteiger partial charge in [0.2, 0.25) is 0 Å². The summed E-state index contributed by atoms with van der Waals surface area (Å²) in [6.07, 6.45) is 0. The zero-order valence-electron chi connectivity index (χ0n) is 11.5. The molecule has 0 bridgehead atoms. The molecule has 19 heavy (non-hydrogen) atoms. The van der Waals surface area contributed by atoms with Crippen LogP contribution in [0, 0.1) is 5.92 Å². The first kappa shape index (κ1) is 17.0. The summed E-state index contributed by atoms with van der Waals surface area (Å²) in [4.78, 5) is 1.23. The molecule has 0 heterocycles. The Morgan fingerprint density at radius 3 is 2.89 bits per heavy atom. The van der Waals surface area contributed by atoms with Crippen molar-refractivity contribution in [1.82, 2.24) is 5.32 Å². The zero-order valence-corrected chi connectivity index (χ0v) is 13.9. The Kier molecular flexibility index (Phi) is 8.74. The quantitative estimate of drug-likeness (QED) is 0.532. The van der Waals surface area contributed by atoms with E-state index in [1.54, 1.807) is 18.9 Å². The predicted molar refractivity (Wildman–Crippen MR) is 84.7 cm³/mol. The maximum atomic E-state index is 9.01. The molecule has 0 aliphatic heterocycles. The molecular formula is C14H22BrNO2S. The molecule has 0 saturated carbocycles. The highest BCUT2D eigenvalue weighted by atomic mass is 79.9. The molecule has 0 radical (unpaired) electrons. The van der Waals surface area contributed by atoms with Gasteiger partial charge in [-0.1, -0.05) is 28.9 Å². The van der Waals surface area contributed by atoms with Crippen molar-refractivity contribution in [2.75, 3.05) is 32.6 Å². The Hall–Kier alpha value is -0.0700. The number of benzene rings is 1. The van der Waals surface area contributed by atoms with Crippen molar-refractivity contribution in [3.8, 4) is 0 Å². The SMILES string of the molecule is COCCNCc1ccc(SCC(C)CO)cc1Br. The molecule has 0 amide bonds. The monoisotopic (exact) mass is 347 g/mol. The molecule has 2 N–H and O–H groups in total. The molecule has 1 atom stereocenters. The number of nitrogens with one attached hydrogen (secondary N) is 1. The third kappa shape index (κ3) is 6.77. The standard InChI is InChI=1S/C14H22BrNO2S/c1-11(9-17)10-19-13-4-3-12(14(15)7-13)8-16-5-6-18-2/h3-4,7,11,16-17H,5-6,8-10H2,1-2H3. The van der Waals surface area contributed by atoms with Gasteiger partial charge in [0.25, 0.3) is 0 Å². The third-order valence-electron chi connectivity index (χ3n) is 2.67. The van der Waals surface area contributed by atoms with E-state index >= 15 is 0 Å². The Balaban J connectivity index is 2.45. The number of halogens is 1. The maximum Gasteiger partial charge on any atom is 0.0587 e. The Bertz CT molecular complexity index is 376. The van der Waals surface area contributed by atoms with Gasteiger partial charge in [-0.25, -0.2) is 0 Å². The highest BCUT2D eigenvalue weighted by Gasteiger charge is 2.04. The zero-order chi connectivity index (χ0) is 14.1. The van der Waals surface area contributed by atoms with Crippen LogP contribution in [0.3, 0.4) is 0 Å². The Morgan fingerprint density at radius 2 is 2.26 bits per heavy atom. The first-order valence-electron chi connectivity index (χ1n) is 6.39. The fraction of sp³-hybridized carbons (Fsp3) is 0.571. The molecule has 3 nitrogen and oxygen atoms in total. The van der Waals surface area contributed by atoms with Crippen LogP contribution in [0.15, 0.2) is 27.6 Å². The van der Waals surface area contributed by atoms with Crippen molar-refractivity contribution in [3.63, 3.8) is 0 Å². The predicted octanol–water partition coefficient (Wildman–Crippen LogP) is 2.91. The molecule has 0 aliphatic rings. The molecule has 0 aromatic heterocycles. The Morgan fingerprint density at radius 1 is 1.47 bits per heavy atom. The van der Waals surface area contributed by atoms with Crippen LogP contribution in [-0.2, 0) is 11.3 Å². The average molecular weight is 348 g/mol. The number of hydrogen-bond donors (Lipinski definition) is 2. The van der Waals surface area contributed by atoms with Gasteiger partial charge >= 0.3 is 0 Å². The molecule has 108 valence electrons. The van der Waals surface area contributed by atoms with E-state index in [2.05, 4.69) is 46.4 Å². The van der Waals surface area contributed by atoms with Gasteiger partial charge in [-0.15, -0.1) is 11.8 Å². The summed E-state index contributed by atoms with van der Waals surface area (Å²) in [6.45, 7) is 4.71. The minimum atomic E-state index is 0.246. The molecule has 1 aromatic rings. The van der Waals surface area contributed by atoms with E-state index in [1.165, 1.54) is 10.5 Å². The van der Waals surface area contributed by atoms with E-state index < -0.39 is 0 Å². The summed E-state index contributed by atoms with van der Waals surface area (Å²) in [6, 6.07) is 6.41. The number of thioether (sulfide) groups is 1. The highest BCUT2D eigenvalue weighted by molar-refractivity contribution is 9.10. The van der Waals surface area contributed by atoms with Crippen molar-refractivity contribution in [1.29, 1.82) is 0 Å². The molecule has 0 aliphatic carbocycles. The van der Waals surface area contributed by atoms with E-state index in [4.69, 9.17) is 9.84 Å². The molecule has 0 saturated heterocycles. The van der Waals surface area contributed by atoms with E-state index in [0.29, 0.717) is 5.92 Å². The van der Waals surface area contributed by atoms with Crippen LogP contribution in [0.5, 0.6) is 0 Å². The van der Waals surface area contributed by atoms with Crippen LogP contribution in [0.25, 0.3) is 0 Å². The number of aliphatic hydroxyl groups excluding tert-OH is 1. The van der Waals surface area contributed by atoms with Gasteiger partial charge in [-0.05, 0) is 23.6 Å². The lowest BCUT2D eigenvalue weighted by Crippen LogP contribution is -2.18. The maximum absolute atomic E-state index is 9.01. The fourth-order valence-corrected chi connectivity index (χ4v) is 3.07. The van der Waals surface area contributed by atoms with Gasteiger partial charge in [0.05, 0.1) is 6.61 Å². The van der Waals surface area contributed by atoms with E-state index in [1.807, 2.05) is 0 Å². The molecule has 5 heteroatoms. The Labute approximate surface area is 128 Å². The summed E-state index contributed by atoms with van der Waals surface area (Å²) in [5, 5.41) is 12.3. The fourth-order valence-electron chi connectivity index (χ4n) is 1.45.